The van der Waals surface area contributed by atoms with Gasteiger partial charge in [0.25, 0.3) is 5.56 Å². The summed E-state index contributed by atoms with van der Waals surface area (Å²) >= 11 is 0. The Kier molecular flexibility index (Phi) is 6.59. The molecule has 0 saturated carbocycles. The zero-order chi connectivity index (χ0) is 24.3. The largest absolute Gasteiger partial charge is 0.492 e. The number of carbonyl (C=O) groups excluding carboxylic acids is 1. The number of benzene rings is 2. The van der Waals surface area contributed by atoms with Crippen molar-refractivity contribution < 1.29 is 18.8 Å². The first kappa shape index (κ1) is 23.7. The summed E-state index contributed by atoms with van der Waals surface area (Å²) in [6.07, 6.45) is 2.71. The van der Waals surface area contributed by atoms with Gasteiger partial charge in [-0.15, -0.1) is 0 Å². The second-order valence-corrected chi connectivity index (χ2v) is 9.23. The lowest BCUT2D eigenvalue weighted by atomic mass is 9.77. The molecule has 0 atom stereocenters. The number of ether oxygens (including phenoxy) is 1. The van der Waals surface area contributed by atoms with E-state index in [-0.39, 0.29) is 18.7 Å². The van der Waals surface area contributed by atoms with Gasteiger partial charge in [0.15, 0.2) is 0 Å². The fourth-order valence-electron chi connectivity index (χ4n) is 3.53. The number of amides is 1. The molecule has 1 aliphatic rings. The van der Waals surface area contributed by atoms with Crippen LogP contribution in [-0.4, -0.2) is 40.9 Å². The van der Waals surface area contributed by atoms with Crippen LogP contribution in [-0.2, 0) is 20.7 Å². The van der Waals surface area contributed by atoms with Crippen molar-refractivity contribution >= 4 is 30.2 Å². The summed E-state index contributed by atoms with van der Waals surface area (Å²) in [6.45, 7) is 8.21. The van der Waals surface area contributed by atoms with Gasteiger partial charge in [-0.2, -0.15) is 0 Å². The molecule has 176 valence electrons. The van der Waals surface area contributed by atoms with E-state index in [9.17, 15) is 9.59 Å². The minimum Gasteiger partial charge on any atom is -0.445 e. The lowest BCUT2D eigenvalue weighted by Gasteiger charge is -2.32. The molecule has 1 aromatic heterocycles. The molecule has 1 aliphatic heterocycles. The molecule has 3 aromatic rings. The molecule has 9 heteroatoms. The molecule has 8 nitrogen and oxygen atoms in total. The average molecular weight is 461 g/mol. The van der Waals surface area contributed by atoms with E-state index in [1.807, 2.05) is 76.2 Å². The van der Waals surface area contributed by atoms with Gasteiger partial charge < -0.3 is 24.3 Å². The molecular formula is C25H28BN3O5. The number of aromatic nitrogens is 2. The summed E-state index contributed by atoms with van der Waals surface area (Å²) in [7, 11) is -0.665. The number of hydrogen-bond acceptors (Lipinski definition) is 6. The van der Waals surface area contributed by atoms with Gasteiger partial charge in [0, 0.05) is 6.54 Å². The first-order valence-corrected chi connectivity index (χ1v) is 11.1. The second-order valence-electron chi connectivity index (χ2n) is 9.23. The van der Waals surface area contributed by atoms with Crippen LogP contribution in [0.25, 0.3) is 17.0 Å². The highest BCUT2D eigenvalue weighted by Crippen LogP contribution is 2.38. The van der Waals surface area contributed by atoms with Gasteiger partial charge in [-0.3, -0.25) is 4.79 Å². The number of aromatic amines is 1. The smallest absolute Gasteiger partial charge is 0.445 e. The highest BCUT2D eigenvalue weighted by atomic mass is 16.7. The van der Waals surface area contributed by atoms with E-state index in [4.69, 9.17) is 14.0 Å². The lowest BCUT2D eigenvalue weighted by molar-refractivity contribution is 0.00578. The number of rotatable bonds is 6. The standard InChI is InChI=1S/C25H28BN3O5/c1-24(2)25(3,4)34-26(33-24)19(14-27-23(31)32-15-17-8-6-5-7-9-17)12-18-10-11-20-21(13-18)28-16-29-22(20)30/h5-13,16H,14-15H2,1-4H3,(H,27,31)(H,28,29,30). The normalized spacial score (nSPS) is 17.1. The summed E-state index contributed by atoms with van der Waals surface area (Å²) in [5, 5.41) is 3.29. The number of fused-ring (bicyclic) bond motifs is 1. The number of hydrogen-bond donors (Lipinski definition) is 2. The van der Waals surface area contributed by atoms with Gasteiger partial charge in [-0.25, -0.2) is 9.78 Å². The number of alkyl carbamates (subject to hydrolysis) is 1. The fraction of sp³-hybridized carbons (Fsp3) is 0.320. The van der Waals surface area contributed by atoms with Crippen molar-refractivity contribution in [2.45, 2.75) is 45.5 Å². The minimum absolute atomic E-state index is 0.158. The molecule has 0 bridgehead atoms. The highest BCUT2D eigenvalue weighted by molar-refractivity contribution is 6.56. The van der Waals surface area contributed by atoms with E-state index in [0.29, 0.717) is 16.4 Å². The third-order valence-corrected chi connectivity index (χ3v) is 6.22. The molecule has 1 amide bonds. The van der Waals surface area contributed by atoms with Crippen molar-refractivity contribution in [2.24, 2.45) is 0 Å². The summed E-state index contributed by atoms with van der Waals surface area (Å²) in [5.74, 6) is 0. The van der Waals surface area contributed by atoms with Crippen molar-refractivity contribution in [3.8, 4) is 0 Å². The van der Waals surface area contributed by atoms with Crippen LogP contribution in [0.1, 0.15) is 38.8 Å². The molecule has 34 heavy (non-hydrogen) atoms. The van der Waals surface area contributed by atoms with Gasteiger partial charge in [0.1, 0.15) is 6.61 Å². The van der Waals surface area contributed by atoms with E-state index < -0.39 is 24.4 Å². The van der Waals surface area contributed by atoms with Gasteiger partial charge in [-0.1, -0.05) is 42.5 Å². The minimum atomic E-state index is -0.665. The second kappa shape index (κ2) is 9.44. The Hall–Kier alpha value is -3.43. The third kappa shape index (κ3) is 5.21. The summed E-state index contributed by atoms with van der Waals surface area (Å²) < 4.78 is 17.8. The third-order valence-electron chi connectivity index (χ3n) is 6.22. The molecule has 0 unspecified atom stereocenters. The molecular weight excluding hydrogens is 433 g/mol. The molecule has 1 saturated heterocycles. The van der Waals surface area contributed by atoms with Crippen LogP contribution >= 0.6 is 0 Å². The molecule has 0 radical (unpaired) electrons. The predicted molar refractivity (Wildman–Crippen MR) is 131 cm³/mol. The van der Waals surface area contributed by atoms with Crippen LogP contribution in [0.15, 0.2) is 65.1 Å². The predicted octanol–water partition coefficient (Wildman–Crippen LogP) is 3.86. The first-order chi connectivity index (χ1) is 16.1. The van der Waals surface area contributed by atoms with Gasteiger partial charge >= 0.3 is 13.2 Å². The SMILES string of the molecule is CC1(C)OB(C(=Cc2ccc3c(=O)[nH]cnc3c2)CNC(=O)OCc2ccccc2)OC1(C)C. The fourth-order valence-corrected chi connectivity index (χ4v) is 3.53. The molecule has 0 aliphatic carbocycles. The monoisotopic (exact) mass is 461 g/mol. The summed E-state index contributed by atoms with van der Waals surface area (Å²) in [5.41, 5.74) is 1.70. The van der Waals surface area contributed by atoms with E-state index in [1.165, 1.54) is 6.33 Å². The molecule has 1 fully saturated rings. The van der Waals surface area contributed by atoms with Crippen LogP contribution < -0.4 is 10.9 Å². The molecule has 2 heterocycles. The first-order valence-electron chi connectivity index (χ1n) is 11.1. The Morgan fingerprint density at radius 3 is 2.53 bits per heavy atom. The maximum Gasteiger partial charge on any atom is 0.492 e. The quantitative estimate of drug-likeness (QED) is 0.541. The van der Waals surface area contributed by atoms with Gasteiger partial charge in [0.2, 0.25) is 0 Å². The van der Waals surface area contributed by atoms with Crippen molar-refractivity contribution in [1.82, 2.24) is 15.3 Å². The maximum absolute atomic E-state index is 12.4. The van der Waals surface area contributed by atoms with Crippen LogP contribution in [0.2, 0.25) is 0 Å². The Balaban J connectivity index is 1.55. The molecule has 4 rings (SSSR count). The van der Waals surface area contributed by atoms with Crippen LogP contribution in [0.5, 0.6) is 0 Å². The van der Waals surface area contributed by atoms with E-state index in [1.54, 1.807) is 6.07 Å². The summed E-state index contributed by atoms with van der Waals surface area (Å²) in [6, 6.07) is 14.8. The van der Waals surface area contributed by atoms with Crippen LogP contribution in [0.3, 0.4) is 0 Å². The molecule has 2 N–H and O–H groups in total. The Labute approximate surface area is 198 Å². The topological polar surface area (TPSA) is 103 Å². The number of carbonyl (C=O) groups is 1. The number of H-pyrrole nitrogens is 1. The van der Waals surface area contributed by atoms with Crippen LogP contribution in [0, 0.1) is 0 Å². The Bertz CT molecular complexity index is 1250. The van der Waals surface area contributed by atoms with Crippen molar-refractivity contribution in [1.29, 1.82) is 0 Å². The van der Waals surface area contributed by atoms with E-state index in [0.717, 1.165) is 11.1 Å². The zero-order valence-corrected chi connectivity index (χ0v) is 19.8. The number of nitrogens with one attached hydrogen (secondary N) is 2. The van der Waals surface area contributed by atoms with Crippen molar-refractivity contribution in [3.63, 3.8) is 0 Å². The van der Waals surface area contributed by atoms with Crippen molar-refractivity contribution in [3.05, 3.63) is 81.8 Å². The lowest BCUT2D eigenvalue weighted by Crippen LogP contribution is -2.41. The van der Waals surface area contributed by atoms with E-state index in [2.05, 4.69) is 15.3 Å². The Morgan fingerprint density at radius 2 is 1.82 bits per heavy atom. The highest BCUT2D eigenvalue weighted by Gasteiger charge is 2.52. The van der Waals surface area contributed by atoms with E-state index >= 15 is 0 Å². The maximum atomic E-state index is 12.4. The molecule has 0 spiro atoms. The average Bonchev–Trinajstić information content (AvgIpc) is 3.02. The van der Waals surface area contributed by atoms with Gasteiger partial charge in [-0.05, 0) is 56.4 Å². The molecule has 2 aromatic carbocycles. The number of nitrogens with zero attached hydrogens (tertiary/aromatic N) is 1. The zero-order valence-electron chi connectivity index (χ0n) is 19.8. The Morgan fingerprint density at radius 1 is 1.12 bits per heavy atom. The van der Waals surface area contributed by atoms with Gasteiger partial charge in [0.05, 0.1) is 28.4 Å². The van der Waals surface area contributed by atoms with Crippen molar-refractivity contribution in [2.75, 3.05) is 6.54 Å². The summed E-state index contributed by atoms with van der Waals surface area (Å²) in [4.78, 5) is 31.2. The van der Waals surface area contributed by atoms with Crippen LogP contribution in [0.4, 0.5) is 4.79 Å².